The first-order valence-corrected chi connectivity index (χ1v) is 6.67. The van der Waals surface area contributed by atoms with Crippen LogP contribution in [0.4, 0.5) is 0 Å². The second-order valence-corrected chi connectivity index (χ2v) is 5.05. The van der Waals surface area contributed by atoms with Crippen molar-refractivity contribution >= 4 is 5.97 Å². The van der Waals surface area contributed by atoms with Crippen molar-refractivity contribution in [1.82, 2.24) is 4.90 Å². The highest BCUT2D eigenvalue weighted by atomic mass is 16.4. The molecule has 0 spiro atoms. The van der Waals surface area contributed by atoms with Crippen LogP contribution >= 0.6 is 0 Å². The summed E-state index contributed by atoms with van der Waals surface area (Å²) >= 11 is 0. The molecule has 0 aliphatic heterocycles. The lowest BCUT2D eigenvalue weighted by Gasteiger charge is -2.18. The molecule has 1 saturated carbocycles. The molecule has 0 bridgehead atoms. The summed E-state index contributed by atoms with van der Waals surface area (Å²) in [5.41, 5.74) is 1.63. The van der Waals surface area contributed by atoms with Gasteiger partial charge in [-0.15, -0.1) is 0 Å². The SMILES string of the molecule is CCN(CC)Cc1ccc(C2(C(=O)O)CC2)cc1. The monoisotopic (exact) mass is 247 g/mol. The zero-order chi connectivity index (χ0) is 13.2. The molecule has 1 aromatic carbocycles. The van der Waals surface area contributed by atoms with Crippen LogP contribution in [-0.2, 0) is 16.8 Å². The van der Waals surface area contributed by atoms with Crippen molar-refractivity contribution in [2.24, 2.45) is 0 Å². The summed E-state index contributed by atoms with van der Waals surface area (Å²) in [7, 11) is 0. The van der Waals surface area contributed by atoms with E-state index < -0.39 is 11.4 Å². The lowest BCUT2D eigenvalue weighted by atomic mass is 9.95. The van der Waals surface area contributed by atoms with E-state index in [-0.39, 0.29) is 0 Å². The van der Waals surface area contributed by atoms with Crippen LogP contribution in [0.25, 0.3) is 0 Å². The third kappa shape index (κ3) is 2.41. The maximum absolute atomic E-state index is 11.2. The highest BCUT2D eigenvalue weighted by Crippen LogP contribution is 2.48. The van der Waals surface area contributed by atoms with E-state index in [1.54, 1.807) is 0 Å². The van der Waals surface area contributed by atoms with Crippen molar-refractivity contribution in [1.29, 1.82) is 0 Å². The van der Waals surface area contributed by atoms with Gasteiger partial charge in [0.2, 0.25) is 0 Å². The largest absolute Gasteiger partial charge is 0.481 e. The number of aliphatic carboxylic acids is 1. The minimum atomic E-state index is -0.681. The molecule has 0 atom stereocenters. The van der Waals surface area contributed by atoms with Gasteiger partial charge in [-0.25, -0.2) is 0 Å². The van der Waals surface area contributed by atoms with Gasteiger partial charge in [-0.05, 0) is 37.1 Å². The topological polar surface area (TPSA) is 40.5 Å². The lowest BCUT2D eigenvalue weighted by Crippen LogP contribution is -2.22. The molecule has 0 aromatic heterocycles. The van der Waals surface area contributed by atoms with Gasteiger partial charge in [-0.1, -0.05) is 38.1 Å². The quantitative estimate of drug-likeness (QED) is 0.840. The molecular weight excluding hydrogens is 226 g/mol. The Kier molecular flexibility index (Phi) is 3.71. The van der Waals surface area contributed by atoms with Gasteiger partial charge >= 0.3 is 5.97 Å². The maximum atomic E-state index is 11.2. The van der Waals surface area contributed by atoms with Gasteiger partial charge in [0.25, 0.3) is 0 Å². The number of nitrogens with zero attached hydrogens (tertiary/aromatic N) is 1. The molecule has 0 heterocycles. The van der Waals surface area contributed by atoms with Crippen LogP contribution in [0, 0.1) is 0 Å². The number of hydrogen-bond acceptors (Lipinski definition) is 2. The fraction of sp³-hybridized carbons (Fsp3) is 0.533. The molecule has 0 unspecified atom stereocenters. The zero-order valence-electron chi connectivity index (χ0n) is 11.1. The van der Waals surface area contributed by atoms with Gasteiger partial charge in [0.1, 0.15) is 0 Å². The molecule has 0 saturated heterocycles. The van der Waals surface area contributed by atoms with E-state index >= 15 is 0 Å². The van der Waals surface area contributed by atoms with E-state index in [9.17, 15) is 9.90 Å². The molecule has 98 valence electrons. The molecule has 18 heavy (non-hydrogen) atoms. The van der Waals surface area contributed by atoms with Crippen LogP contribution in [0.15, 0.2) is 24.3 Å². The molecule has 2 rings (SSSR count). The number of hydrogen-bond donors (Lipinski definition) is 1. The van der Waals surface area contributed by atoms with Crippen LogP contribution in [0.5, 0.6) is 0 Å². The van der Waals surface area contributed by atoms with Crippen LogP contribution in [-0.4, -0.2) is 29.1 Å². The van der Waals surface area contributed by atoms with Crippen molar-refractivity contribution < 1.29 is 9.90 Å². The number of carbonyl (C=O) groups is 1. The van der Waals surface area contributed by atoms with Gasteiger partial charge in [-0.3, -0.25) is 9.69 Å². The summed E-state index contributed by atoms with van der Waals surface area (Å²) < 4.78 is 0. The Labute approximate surface area is 108 Å². The van der Waals surface area contributed by atoms with Crippen molar-refractivity contribution in [3.63, 3.8) is 0 Å². The summed E-state index contributed by atoms with van der Waals surface area (Å²) in [6.45, 7) is 7.32. The highest BCUT2D eigenvalue weighted by Gasteiger charge is 2.51. The molecule has 3 heteroatoms. The zero-order valence-corrected chi connectivity index (χ0v) is 11.1. The molecule has 0 radical (unpaired) electrons. The fourth-order valence-corrected chi connectivity index (χ4v) is 2.39. The van der Waals surface area contributed by atoms with Gasteiger partial charge in [0, 0.05) is 6.54 Å². The smallest absolute Gasteiger partial charge is 0.314 e. The van der Waals surface area contributed by atoms with Crippen molar-refractivity contribution in [3.8, 4) is 0 Å². The molecule has 1 fully saturated rings. The van der Waals surface area contributed by atoms with E-state index in [1.807, 2.05) is 12.1 Å². The Morgan fingerprint density at radius 2 is 1.78 bits per heavy atom. The van der Waals surface area contributed by atoms with Crippen LogP contribution in [0.3, 0.4) is 0 Å². The number of carboxylic acids is 1. The Morgan fingerprint density at radius 1 is 1.22 bits per heavy atom. The minimum absolute atomic E-state index is 0.576. The Morgan fingerprint density at radius 3 is 2.17 bits per heavy atom. The van der Waals surface area contributed by atoms with Crippen LogP contribution < -0.4 is 0 Å². The summed E-state index contributed by atoms with van der Waals surface area (Å²) in [4.78, 5) is 13.6. The summed E-state index contributed by atoms with van der Waals surface area (Å²) in [5.74, 6) is -0.681. The van der Waals surface area contributed by atoms with Crippen molar-refractivity contribution in [3.05, 3.63) is 35.4 Å². The molecule has 1 aliphatic carbocycles. The fourth-order valence-electron chi connectivity index (χ4n) is 2.39. The average molecular weight is 247 g/mol. The standard InChI is InChI=1S/C15H21NO2/c1-3-16(4-2)11-12-5-7-13(8-6-12)15(9-10-15)14(17)18/h5-8H,3-4,9-11H2,1-2H3,(H,17,18). The maximum Gasteiger partial charge on any atom is 0.314 e. The van der Waals surface area contributed by atoms with Gasteiger partial charge in [0.15, 0.2) is 0 Å². The molecule has 1 N–H and O–H groups in total. The minimum Gasteiger partial charge on any atom is -0.481 e. The molecular formula is C15H21NO2. The molecule has 1 aromatic rings. The third-order valence-corrected chi connectivity index (χ3v) is 3.97. The van der Waals surface area contributed by atoms with Crippen LogP contribution in [0.2, 0.25) is 0 Å². The Hall–Kier alpha value is -1.35. The number of benzene rings is 1. The van der Waals surface area contributed by atoms with E-state index in [2.05, 4.69) is 30.9 Å². The van der Waals surface area contributed by atoms with E-state index in [1.165, 1.54) is 5.56 Å². The predicted molar refractivity (Wildman–Crippen MR) is 71.6 cm³/mol. The molecule has 1 aliphatic rings. The third-order valence-electron chi connectivity index (χ3n) is 3.97. The number of rotatable bonds is 6. The van der Waals surface area contributed by atoms with Gasteiger partial charge < -0.3 is 5.11 Å². The second-order valence-electron chi connectivity index (χ2n) is 5.05. The highest BCUT2D eigenvalue weighted by molar-refractivity contribution is 5.84. The molecule has 0 amide bonds. The first-order valence-electron chi connectivity index (χ1n) is 6.67. The lowest BCUT2D eigenvalue weighted by molar-refractivity contribution is -0.140. The average Bonchev–Trinajstić information content (AvgIpc) is 3.18. The predicted octanol–water partition coefficient (Wildman–Crippen LogP) is 2.64. The summed E-state index contributed by atoms with van der Waals surface area (Å²) in [5, 5.41) is 9.24. The van der Waals surface area contributed by atoms with Gasteiger partial charge in [0.05, 0.1) is 5.41 Å². The Bertz CT molecular complexity index is 417. The van der Waals surface area contributed by atoms with Crippen molar-refractivity contribution in [2.75, 3.05) is 13.1 Å². The second kappa shape index (κ2) is 5.11. The van der Waals surface area contributed by atoms with E-state index in [4.69, 9.17) is 0 Å². The molecule has 3 nitrogen and oxygen atoms in total. The first kappa shape index (κ1) is 13.1. The van der Waals surface area contributed by atoms with E-state index in [0.29, 0.717) is 0 Å². The Balaban J connectivity index is 2.09. The van der Waals surface area contributed by atoms with E-state index in [0.717, 1.165) is 38.0 Å². The summed E-state index contributed by atoms with van der Waals surface area (Å²) in [6.07, 6.45) is 1.55. The van der Waals surface area contributed by atoms with Crippen molar-refractivity contribution in [2.45, 2.75) is 38.6 Å². The number of carboxylic acid groups (broad SMARTS) is 1. The van der Waals surface area contributed by atoms with Gasteiger partial charge in [-0.2, -0.15) is 0 Å². The summed E-state index contributed by atoms with van der Waals surface area (Å²) in [6, 6.07) is 8.10. The van der Waals surface area contributed by atoms with Crippen LogP contribution in [0.1, 0.15) is 37.8 Å². The normalized spacial score (nSPS) is 16.8. The first-order chi connectivity index (χ1) is 8.62.